The lowest BCUT2D eigenvalue weighted by molar-refractivity contribution is -0.134. The van der Waals surface area contributed by atoms with Gasteiger partial charge in [0, 0.05) is 18.9 Å². The molecule has 3 aliphatic heterocycles. The number of benzene rings is 1. The van der Waals surface area contributed by atoms with Gasteiger partial charge in [0.2, 0.25) is 11.8 Å². The number of amides is 2. The van der Waals surface area contributed by atoms with Crippen LogP contribution >= 0.6 is 0 Å². The Morgan fingerprint density at radius 3 is 2.68 bits per heavy atom. The fourth-order valence-electron chi connectivity index (χ4n) is 4.72. The summed E-state index contributed by atoms with van der Waals surface area (Å²) in [6, 6.07) is 2.91. The topological polar surface area (TPSA) is 129 Å². The first kappa shape index (κ1) is 23.0. The van der Waals surface area contributed by atoms with Gasteiger partial charge in [-0.3, -0.25) is 14.9 Å². The summed E-state index contributed by atoms with van der Waals surface area (Å²) < 4.78 is 6.19. The molecule has 1 unspecified atom stereocenters. The second kappa shape index (κ2) is 9.63. The second-order valence-corrected chi connectivity index (χ2v) is 7.99. The molecule has 3 aliphatic rings. The van der Waals surface area contributed by atoms with Crippen molar-refractivity contribution in [3.63, 3.8) is 0 Å². The Morgan fingerprint density at radius 2 is 2.06 bits per heavy atom. The Balaban J connectivity index is 0.00000132. The van der Waals surface area contributed by atoms with Crippen LogP contribution in [0.5, 0.6) is 0 Å². The van der Waals surface area contributed by atoms with Crippen LogP contribution in [-0.2, 0) is 33.1 Å². The quantitative estimate of drug-likeness (QED) is 0.499. The normalized spacial score (nSPS) is 21.6. The highest BCUT2D eigenvalue weighted by Gasteiger charge is 2.45. The van der Waals surface area contributed by atoms with Gasteiger partial charge in [-0.2, -0.15) is 0 Å². The molecule has 1 spiro atoms. The summed E-state index contributed by atoms with van der Waals surface area (Å²) >= 11 is 0. The van der Waals surface area contributed by atoms with Crippen LogP contribution in [0.1, 0.15) is 66.6 Å². The van der Waals surface area contributed by atoms with E-state index in [4.69, 9.17) is 4.74 Å². The maximum absolute atomic E-state index is 12.0. The van der Waals surface area contributed by atoms with Gasteiger partial charge < -0.3 is 15.2 Å². The number of nitriles is 1. The van der Waals surface area contributed by atoms with Crippen molar-refractivity contribution in [1.29, 1.82) is 5.26 Å². The molecule has 1 aromatic carbocycles. The molecule has 2 saturated heterocycles. The first-order chi connectivity index (χ1) is 14.9. The number of rotatable bonds is 4. The standard InChI is InChI=1S/C20H22BN3O5.C2H6/c22-11-21-7-5-20(6-8-21)15-2-1-12(19(27)28)13(14(15)10-29-20)9-23-16-3-4-17(25)24-18(16)26;1-2/h1-2,16,23H,3-10H2,(H,27,28)(H,24,25,26);1-2H3. The Labute approximate surface area is 182 Å². The number of carboxylic acids is 1. The molecular formula is C22H28BN3O5. The summed E-state index contributed by atoms with van der Waals surface area (Å²) in [6.07, 6.45) is 3.66. The van der Waals surface area contributed by atoms with E-state index in [2.05, 4.69) is 16.6 Å². The van der Waals surface area contributed by atoms with Crippen LogP contribution < -0.4 is 10.6 Å². The largest absolute Gasteiger partial charge is 0.478 e. The third kappa shape index (κ3) is 4.50. The highest BCUT2D eigenvalue weighted by Crippen LogP contribution is 2.48. The number of nitrogens with one attached hydrogen (secondary N) is 2. The zero-order valence-corrected chi connectivity index (χ0v) is 18.0. The highest BCUT2D eigenvalue weighted by atomic mass is 16.5. The number of ether oxygens (including phenoxy) is 1. The maximum atomic E-state index is 12.0. The third-order valence-corrected chi connectivity index (χ3v) is 6.39. The number of piperidine rings is 1. The van der Waals surface area contributed by atoms with Gasteiger partial charge in [0.1, 0.15) is 0 Å². The number of carboxylic acid groups (broad SMARTS) is 1. The minimum atomic E-state index is -1.03. The van der Waals surface area contributed by atoms with Crippen LogP contribution in [0, 0.1) is 11.2 Å². The zero-order chi connectivity index (χ0) is 22.6. The average Bonchev–Trinajstić information content (AvgIpc) is 3.13. The van der Waals surface area contributed by atoms with Crippen LogP contribution in [0.4, 0.5) is 0 Å². The predicted octanol–water partition coefficient (Wildman–Crippen LogP) is 2.38. The molecule has 0 aromatic heterocycles. The first-order valence-corrected chi connectivity index (χ1v) is 10.9. The van der Waals surface area contributed by atoms with E-state index < -0.39 is 17.6 Å². The maximum Gasteiger partial charge on any atom is 0.336 e. The SMILES string of the molecule is CC.N#CB1CCC2(CC1)OCc1c2ccc(C(=O)O)c1CNC1CCC(=O)NC1=O. The molecule has 3 heterocycles. The molecule has 8 nitrogen and oxygen atoms in total. The van der Waals surface area contributed by atoms with Crippen molar-refractivity contribution < 1.29 is 24.2 Å². The van der Waals surface area contributed by atoms with Gasteiger partial charge in [0.05, 0.1) is 23.8 Å². The Bertz CT molecular complexity index is 918. The summed E-state index contributed by atoms with van der Waals surface area (Å²) in [5, 5.41) is 24.3. The molecule has 164 valence electrons. The van der Waals surface area contributed by atoms with E-state index in [9.17, 15) is 24.8 Å². The number of carbonyl (C=O) groups excluding carboxylic acids is 2. The van der Waals surface area contributed by atoms with Crippen LogP contribution in [0.15, 0.2) is 12.1 Å². The van der Waals surface area contributed by atoms with Crippen molar-refractivity contribution in [3.8, 4) is 5.97 Å². The fraction of sp³-hybridized carbons (Fsp3) is 0.545. The van der Waals surface area contributed by atoms with Gasteiger partial charge >= 0.3 is 5.97 Å². The van der Waals surface area contributed by atoms with Crippen LogP contribution in [-0.4, -0.2) is 35.6 Å². The summed E-state index contributed by atoms with van der Waals surface area (Å²) in [4.78, 5) is 35.2. The van der Waals surface area contributed by atoms with E-state index >= 15 is 0 Å². The molecule has 0 radical (unpaired) electrons. The Morgan fingerprint density at radius 1 is 1.35 bits per heavy atom. The molecule has 0 aliphatic carbocycles. The van der Waals surface area contributed by atoms with E-state index in [1.165, 1.54) is 0 Å². The van der Waals surface area contributed by atoms with Crippen molar-refractivity contribution in [2.45, 2.75) is 77.0 Å². The summed E-state index contributed by atoms with van der Waals surface area (Å²) in [6.45, 7) is 4.57. The van der Waals surface area contributed by atoms with Crippen molar-refractivity contribution in [3.05, 3.63) is 34.4 Å². The van der Waals surface area contributed by atoms with Crippen LogP contribution in [0.2, 0.25) is 12.6 Å². The molecule has 2 fully saturated rings. The van der Waals surface area contributed by atoms with Gasteiger partial charge in [0.25, 0.3) is 6.71 Å². The smallest absolute Gasteiger partial charge is 0.336 e. The lowest BCUT2D eigenvalue weighted by Gasteiger charge is -2.34. The number of hydrogen-bond donors (Lipinski definition) is 3. The van der Waals surface area contributed by atoms with Crippen molar-refractivity contribution >= 4 is 24.5 Å². The molecule has 1 atom stereocenters. The van der Waals surface area contributed by atoms with E-state index in [0.29, 0.717) is 18.6 Å². The third-order valence-electron chi connectivity index (χ3n) is 6.39. The Kier molecular flexibility index (Phi) is 7.13. The van der Waals surface area contributed by atoms with Gasteiger partial charge in [-0.15, -0.1) is 0 Å². The lowest BCUT2D eigenvalue weighted by atomic mass is 9.41. The summed E-state index contributed by atoms with van der Waals surface area (Å²) in [5.41, 5.74) is 2.22. The minimum absolute atomic E-state index is 0.0419. The van der Waals surface area contributed by atoms with Crippen LogP contribution in [0.3, 0.4) is 0 Å². The molecule has 31 heavy (non-hydrogen) atoms. The monoisotopic (exact) mass is 425 g/mol. The fourth-order valence-corrected chi connectivity index (χ4v) is 4.72. The van der Waals surface area contributed by atoms with Crippen molar-refractivity contribution in [2.24, 2.45) is 0 Å². The number of imide groups is 1. The number of nitrogens with zero attached hydrogens (tertiary/aromatic N) is 1. The summed E-state index contributed by atoms with van der Waals surface area (Å²) in [7, 11) is 0. The predicted molar refractivity (Wildman–Crippen MR) is 114 cm³/mol. The molecule has 4 rings (SSSR count). The number of aromatic carboxylic acids is 1. The molecular weight excluding hydrogens is 397 g/mol. The Hall–Kier alpha value is -2.70. The zero-order valence-electron chi connectivity index (χ0n) is 18.0. The highest BCUT2D eigenvalue weighted by molar-refractivity contribution is 6.67. The minimum Gasteiger partial charge on any atom is -0.478 e. The number of fused-ring (bicyclic) bond motifs is 2. The van der Waals surface area contributed by atoms with Gasteiger partial charge in [-0.05, 0) is 42.0 Å². The molecule has 9 heteroatoms. The molecule has 0 bridgehead atoms. The molecule has 2 amide bonds. The average molecular weight is 425 g/mol. The van der Waals surface area contributed by atoms with Gasteiger partial charge in [-0.25, -0.2) is 10.1 Å². The molecule has 0 saturated carbocycles. The van der Waals surface area contributed by atoms with Crippen LogP contribution in [0.25, 0.3) is 0 Å². The van der Waals surface area contributed by atoms with E-state index in [1.54, 1.807) is 6.07 Å². The molecule has 1 aromatic rings. The number of carbonyl (C=O) groups is 3. The van der Waals surface area contributed by atoms with Crippen molar-refractivity contribution in [2.75, 3.05) is 0 Å². The van der Waals surface area contributed by atoms with E-state index in [1.807, 2.05) is 19.9 Å². The van der Waals surface area contributed by atoms with E-state index in [-0.39, 0.29) is 37.1 Å². The van der Waals surface area contributed by atoms with E-state index in [0.717, 1.165) is 36.6 Å². The van der Waals surface area contributed by atoms with Gasteiger partial charge in [-0.1, -0.05) is 32.6 Å². The number of hydrogen-bond acceptors (Lipinski definition) is 6. The first-order valence-electron chi connectivity index (χ1n) is 10.9. The lowest BCUT2D eigenvalue weighted by Crippen LogP contribution is -2.50. The molecule has 3 N–H and O–H groups in total. The van der Waals surface area contributed by atoms with Gasteiger partial charge in [0.15, 0.2) is 0 Å². The summed E-state index contributed by atoms with van der Waals surface area (Å²) in [5.74, 6) is 0.633. The second-order valence-electron chi connectivity index (χ2n) is 7.99. The van der Waals surface area contributed by atoms with Crippen molar-refractivity contribution in [1.82, 2.24) is 10.6 Å².